The zero-order valence-electron chi connectivity index (χ0n) is 16.2. The summed E-state index contributed by atoms with van der Waals surface area (Å²) in [6.07, 6.45) is 14.2. The third kappa shape index (κ3) is 7.54. The molecule has 1 fully saturated rings. The van der Waals surface area contributed by atoms with E-state index in [1.165, 1.54) is 51.4 Å². The number of hydrogen-bond acceptors (Lipinski definition) is 0. The molecule has 1 aromatic rings. The van der Waals surface area contributed by atoms with Crippen LogP contribution in [-0.2, 0) is 10.4 Å². The maximum atomic E-state index is 13.8. The molecule has 0 aliphatic heterocycles. The van der Waals surface area contributed by atoms with Gasteiger partial charge in [-0.25, -0.2) is 8.78 Å². The zero-order chi connectivity index (χ0) is 19.9. The van der Waals surface area contributed by atoms with Gasteiger partial charge < -0.3 is 0 Å². The molecule has 0 bridgehead atoms. The molecule has 5 heteroatoms. The van der Waals surface area contributed by atoms with Crippen LogP contribution in [0.1, 0.15) is 88.7 Å². The first-order valence-electron chi connectivity index (χ1n) is 10.4. The van der Waals surface area contributed by atoms with Crippen molar-refractivity contribution in [2.45, 2.75) is 87.9 Å². The van der Waals surface area contributed by atoms with Crippen molar-refractivity contribution in [3.8, 4) is 0 Å². The van der Waals surface area contributed by atoms with E-state index >= 15 is 0 Å². The molecule has 0 saturated heterocycles. The normalized spacial score (nSPS) is 20.8. The van der Waals surface area contributed by atoms with Crippen LogP contribution < -0.4 is 0 Å². The maximum absolute atomic E-state index is 13.8. The summed E-state index contributed by atoms with van der Waals surface area (Å²) in [5, 5.41) is 0. The van der Waals surface area contributed by atoms with Crippen molar-refractivity contribution in [1.82, 2.24) is 0 Å². The van der Waals surface area contributed by atoms with Crippen LogP contribution in [0.25, 0.3) is 0 Å². The van der Waals surface area contributed by atoms with E-state index in [0.29, 0.717) is 12.0 Å². The highest BCUT2D eigenvalue weighted by molar-refractivity contribution is 14.1. The molecule has 1 aromatic carbocycles. The number of alkyl halides is 3. The summed E-state index contributed by atoms with van der Waals surface area (Å²) in [7, 11) is 0. The van der Waals surface area contributed by atoms with Gasteiger partial charge in [0, 0.05) is 22.6 Å². The predicted octanol–water partition coefficient (Wildman–Crippen LogP) is 8.55. The summed E-state index contributed by atoms with van der Waals surface area (Å²) in [6, 6.07) is 2.12. The Balaban J connectivity index is 1.69. The molecule has 0 nitrogen and oxygen atoms in total. The van der Waals surface area contributed by atoms with Gasteiger partial charge in [0.2, 0.25) is 0 Å². The van der Waals surface area contributed by atoms with E-state index in [2.05, 4.69) is 6.92 Å². The van der Waals surface area contributed by atoms with Crippen molar-refractivity contribution in [2.24, 2.45) is 11.8 Å². The van der Waals surface area contributed by atoms with Gasteiger partial charge >= 0.3 is 3.93 Å². The van der Waals surface area contributed by atoms with Crippen LogP contribution in [-0.4, -0.2) is 0 Å². The molecule has 0 unspecified atom stereocenters. The second-order valence-electron chi connectivity index (χ2n) is 8.06. The third-order valence-electron chi connectivity index (χ3n) is 5.90. The third-order valence-corrected chi connectivity index (χ3v) is 6.43. The molecule has 1 saturated carbocycles. The topological polar surface area (TPSA) is 0 Å². The first-order chi connectivity index (χ1) is 12.8. The largest absolute Gasteiger partial charge is 0.327 e. The fourth-order valence-corrected chi connectivity index (χ4v) is 4.81. The Morgan fingerprint density at radius 1 is 0.889 bits per heavy atom. The van der Waals surface area contributed by atoms with Crippen LogP contribution in [0.15, 0.2) is 12.1 Å². The van der Waals surface area contributed by atoms with Gasteiger partial charge in [0.05, 0.1) is 0 Å². The molecule has 0 atom stereocenters. The number of hydrogen-bond donors (Lipinski definition) is 0. The smallest absolute Gasteiger partial charge is 0.206 e. The molecule has 0 aromatic heterocycles. The van der Waals surface area contributed by atoms with Crippen molar-refractivity contribution >= 4 is 22.6 Å². The van der Waals surface area contributed by atoms with Crippen molar-refractivity contribution in [2.75, 3.05) is 0 Å². The molecule has 2 rings (SSSR count). The van der Waals surface area contributed by atoms with E-state index in [-0.39, 0.29) is 0 Å². The van der Waals surface area contributed by atoms with Crippen LogP contribution in [0.3, 0.4) is 0 Å². The minimum absolute atomic E-state index is 0.467. The summed E-state index contributed by atoms with van der Waals surface area (Å²) in [5.41, 5.74) is -0.670. The molecular weight excluding hydrogens is 467 g/mol. The molecule has 0 spiro atoms. The van der Waals surface area contributed by atoms with Gasteiger partial charge in [-0.1, -0.05) is 71.1 Å². The standard InChI is InChI=1S/C22H31F4I/c1-2-3-4-7-16-10-12-17(13-11-16)8-5-6-9-18-14-19(23)21(20(24)15-18)22(25,26)27/h14-17H,2-13H2,1H3. The van der Waals surface area contributed by atoms with Gasteiger partial charge in [-0.2, -0.15) is 8.78 Å². The lowest BCUT2D eigenvalue weighted by atomic mass is 9.78. The Hall–Kier alpha value is -0.330. The van der Waals surface area contributed by atoms with E-state index in [9.17, 15) is 17.6 Å². The van der Waals surface area contributed by atoms with E-state index < -0.39 is 21.1 Å². The van der Waals surface area contributed by atoms with Crippen LogP contribution in [0.2, 0.25) is 0 Å². The molecule has 154 valence electrons. The first kappa shape index (κ1) is 23.0. The fourth-order valence-electron chi connectivity index (χ4n) is 4.29. The van der Waals surface area contributed by atoms with Crippen LogP contribution in [0.5, 0.6) is 0 Å². The predicted molar refractivity (Wildman–Crippen MR) is 111 cm³/mol. The van der Waals surface area contributed by atoms with Crippen molar-refractivity contribution in [1.29, 1.82) is 0 Å². The Kier molecular flexibility index (Phi) is 9.36. The van der Waals surface area contributed by atoms with E-state index in [0.717, 1.165) is 65.8 Å². The van der Waals surface area contributed by atoms with Gasteiger partial charge in [-0.05, 0) is 42.4 Å². The maximum Gasteiger partial charge on any atom is 0.327 e. The highest BCUT2D eigenvalue weighted by atomic mass is 127. The van der Waals surface area contributed by atoms with Crippen molar-refractivity contribution in [3.63, 3.8) is 0 Å². The number of unbranched alkanes of at least 4 members (excludes halogenated alkanes) is 3. The van der Waals surface area contributed by atoms with Gasteiger partial charge in [0.25, 0.3) is 0 Å². The molecule has 0 heterocycles. The Bertz CT molecular complexity index is 551. The summed E-state index contributed by atoms with van der Waals surface area (Å²) in [6.45, 7) is 2.24. The highest BCUT2D eigenvalue weighted by Crippen LogP contribution is 2.39. The number of aryl methyl sites for hydroxylation is 1. The van der Waals surface area contributed by atoms with Crippen molar-refractivity contribution in [3.05, 3.63) is 34.9 Å². The lowest BCUT2D eigenvalue weighted by Gasteiger charge is -2.28. The summed E-state index contributed by atoms with van der Waals surface area (Å²) in [4.78, 5) is 0. The zero-order valence-corrected chi connectivity index (χ0v) is 18.3. The fraction of sp³-hybridized carbons (Fsp3) is 0.727. The summed E-state index contributed by atoms with van der Waals surface area (Å²) >= 11 is 0.762. The van der Waals surface area contributed by atoms with Crippen molar-refractivity contribution < 1.29 is 17.6 Å². The monoisotopic (exact) mass is 498 g/mol. The molecule has 1 aliphatic carbocycles. The summed E-state index contributed by atoms with van der Waals surface area (Å²) < 4.78 is 50.6. The number of benzene rings is 1. The SMILES string of the molecule is CCCCCC1CCC(CCCCc2cc(F)c(C(F)(F)I)c(F)c2)CC1. The molecule has 0 amide bonds. The molecule has 1 aliphatic rings. The van der Waals surface area contributed by atoms with E-state index in [1.54, 1.807) is 0 Å². The number of halogens is 5. The Labute approximate surface area is 174 Å². The minimum atomic E-state index is -3.53. The van der Waals surface area contributed by atoms with Crippen LogP contribution in [0.4, 0.5) is 17.6 Å². The molecule has 0 N–H and O–H groups in total. The van der Waals surface area contributed by atoms with Gasteiger partial charge in [-0.3, -0.25) is 0 Å². The summed E-state index contributed by atoms with van der Waals surface area (Å²) in [5.74, 6) is -0.606. The average molecular weight is 498 g/mol. The second kappa shape index (κ2) is 11.0. The molecular formula is C22H31F4I. The lowest BCUT2D eigenvalue weighted by molar-refractivity contribution is 0.117. The highest BCUT2D eigenvalue weighted by Gasteiger charge is 2.34. The molecule has 0 radical (unpaired) electrons. The Morgan fingerprint density at radius 3 is 1.81 bits per heavy atom. The van der Waals surface area contributed by atoms with Crippen LogP contribution in [0, 0.1) is 23.5 Å². The quantitative estimate of drug-likeness (QED) is 0.131. The lowest BCUT2D eigenvalue weighted by Crippen LogP contribution is -2.14. The van der Waals surface area contributed by atoms with E-state index in [4.69, 9.17) is 0 Å². The Morgan fingerprint density at radius 2 is 1.37 bits per heavy atom. The number of rotatable bonds is 10. The van der Waals surface area contributed by atoms with Crippen LogP contribution >= 0.6 is 22.6 Å². The average Bonchev–Trinajstić information content (AvgIpc) is 2.58. The second-order valence-corrected chi connectivity index (χ2v) is 9.42. The first-order valence-corrected chi connectivity index (χ1v) is 11.4. The molecule has 27 heavy (non-hydrogen) atoms. The van der Waals surface area contributed by atoms with E-state index in [1.807, 2.05) is 0 Å². The van der Waals surface area contributed by atoms with Gasteiger partial charge in [0.15, 0.2) is 0 Å². The van der Waals surface area contributed by atoms with Gasteiger partial charge in [-0.15, -0.1) is 0 Å². The van der Waals surface area contributed by atoms with Gasteiger partial charge in [0.1, 0.15) is 17.2 Å². The minimum Gasteiger partial charge on any atom is -0.206 e.